The molecule has 0 atom stereocenters. The number of hydrogen-bond donors (Lipinski definition) is 1. The van der Waals surface area contributed by atoms with Crippen molar-refractivity contribution in [3.05, 3.63) is 29.8 Å². The van der Waals surface area contributed by atoms with Gasteiger partial charge in [-0.15, -0.1) is 0 Å². The van der Waals surface area contributed by atoms with Gasteiger partial charge in [-0.1, -0.05) is 0 Å². The van der Waals surface area contributed by atoms with Crippen LogP contribution in [0.2, 0.25) is 0 Å². The lowest BCUT2D eigenvalue weighted by atomic mass is 10.1. The Hall–Kier alpha value is -2.05. The van der Waals surface area contributed by atoms with E-state index < -0.39 is 23.2 Å². The molecule has 0 saturated carbocycles. The number of alkyl halides is 3. The van der Waals surface area contributed by atoms with Crippen molar-refractivity contribution in [3.63, 3.8) is 0 Å². The molecule has 7 heteroatoms. The van der Waals surface area contributed by atoms with Crippen molar-refractivity contribution in [1.29, 1.82) is 0 Å². The Labute approximate surface area is 127 Å². The highest BCUT2D eigenvalue weighted by atomic mass is 19.4. The molecule has 0 aromatic heterocycles. The number of nitrogens with zero attached hydrogens (tertiary/aromatic N) is 1. The molecule has 1 rings (SSSR count). The Balaban J connectivity index is 2.75. The first-order chi connectivity index (χ1) is 9.91. The molecule has 1 aromatic carbocycles. The monoisotopic (exact) mass is 316 g/mol. The number of carbonyl (C=O) groups is 2. The van der Waals surface area contributed by atoms with E-state index in [1.807, 2.05) is 0 Å². The number of halogens is 3. The van der Waals surface area contributed by atoms with Gasteiger partial charge >= 0.3 is 6.18 Å². The van der Waals surface area contributed by atoms with Crippen LogP contribution >= 0.6 is 0 Å². The van der Waals surface area contributed by atoms with E-state index in [9.17, 15) is 22.8 Å². The van der Waals surface area contributed by atoms with Crippen LogP contribution in [0.3, 0.4) is 0 Å². The van der Waals surface area contributed by atoms with Gasteiger partial charge in [-0.2, -0.15) is 13.2 Å². The minimum atomic E-state index is -4.42. The van der Waals surface area contributed by atoms with Gasteiger partial charge in [0.2, 0.25) is 11.8 Å². The van der Waals surface area contributed by atoms with E-state index in [0.717, 1.165) is 12.1 Å². The van der Waals surface area contributed by atoms with Crippen molar-refractivity contribution in [3.8, 4) is 0 Å². The summed E-state index contributed by atoms with van der Waals surface area (Å²) in [6, 6.07) is 4.13. The molecule has 0 fully saturated rings. The highest BCUT2D eigenvalue weighted by molar-refractivity contribution is 5.94. The zero-order chi connectivity index (χ0) is 17.1. The lowest BCUT2D eigenvalue weighted by molar-refractivity contribution is -0.138. The summed E-state index contributed by atoms with van der Waals surface area (Å²) in [6.45, 7) is 6.57. The van der Waals surface area contributed by atoms with Gasteiger partial charge in [0.1, 0.15) is 6.54 Å². The lowest BCUT2D eigenvalue weighted by Gasteiger charge is -2.34. The first-order valence-electron chi connectivity index (χ1n) is 6.66. The third kappa shape index (κ3) is 5.05. The molecule has 0 saturated heterocycles. The topological polar surface area (TPSA) is 49.4 Å². The van der Waals surface area contributed by atoms with Crippen molar-refractivity contribution in [1.82, 2.24) is 4.90 Å². The molecule has 0 unspecified atom stereocenters. The van der Waals surface area contributed by atoms with Crippen molar-refractivity contribution in [2.45, 2.75) is 39.4 Å². The molecule has 0 aliphatic rings. The van der Waals surface area contributed by atoms with Gasteiger partial charge in [0.05, 0.1) is 5.56 Å². The molecule has 4 nitrogen and oxygen atoms in total. The average Bonchev–Trinajstić information content (AvgIpc) is 2.33. The summed E-state index contributed by atoms with van der Waals surface area (Å²) < 4.78 is 37.3. The normalized spacial score (nSPS) is 12.0. The van der Waals surface area contributed by atoms with E-state index in [1.54, 1.807) is 20.8 Å². The third-order valence-electron chi connectivity index (χ3n) is 2.99. The molecule has 122 valence electrons. The summed E-state index contributed by atoms with van der Waals surface area (Å²) in [4.78, 5) is 24.9. The van der Waals surface area contributed by atoms with E-state index in [0.29, 0.717) is 0 Å². The number of benzene rings is 1. The van der Waals surface area contributed by atoms with Crippen LogP contribution in [0.1, 0.15) is 33.3 Å². The van der Waals surface area contributed by atoms with Gasteiger partial charge in [0.15, 0.2) is 0 Å². The molecule has 1 aromatic rings. The van der Waals surface area contributed by atoms with Crippen LogP contribution in [0, 0.1) is 0 Å². The number of anilines is 1. The Bertz CT molecular complexity index is 545. The van der Waals surface area contributed by atoms with Gasteiger partial charge in [-0.3, -0.25) is 9.59 Å². The fraction of sp³-hybridized carbons (Fsp3) is 0.467. The SMILES string of the molecule is CC(=O)N(CC(=O)Nc1ccc(C(F)(F)F)cc1)C(C)(C)C. The third-order valence-corrected chi connectivity index (χ3v) is 2.99. The number of carbonyl (C=O) groups excluding carboxylic acids is 2. The standard InChI is InChI=1S/C15H19F3N2O2/c1-10(21)20(14(2,3)4)9-13(22)19-12-7-5-11(6-8-12)15(16,17)18/h5-8H,9H2,1-4H3,(H,19,22). The van der Waals surface area contributed by atoms with E-state index in [1.165, 1.54) is 24.0 Å². The first-order valence-corrected chi connectivity index (χ1v) is 6.66. The van der Waals surface area contributed by atoms with Crippen LogP contribution in [0.5, 0.6) is 0 Å². The molecule has 0 radical (unpaired) electrons. The van der Waals surface area contributed by atoms with Crippen LogP contribution in [0.15, 0.2) is 24.3 Å². The predicted molar refractivity (Wildman–Crippen MR) is 77.2 cm³/mol. The van der Waals surface area contributed by atoms with Crippen LogP contribution in [0.25, 0.3) is 0 Å². The van der Waals surface area contributed by atoms with Gasteiger partial charge in [0, 0.05) is 18.2 Å². The second-order valence-corrected chi connectivity index (χ2v) is 5.90. The van der Waals surface area contributed by atoms with Crippen LogP contribution in [-0.2, 0) is 15.8 Å². The largest absolute Gasteiger partial charge is 0.416 e. The van der Waals surface area contributed by atoms with Crippen LogP contribution < -0.4 is 5.32 Å². The zero-order valence-corrected chi connectivity index (χ0v) is 12.9. The number of nitrogens with one attached hydrogen (secondary N) is 1. The quantitative estimate of drug-likeness (QED) is 0.930. The molecular weight excluding hydrogens is 297 g/mol. The average molecular weight is 316 g/mol. The van der Waals surface area contributed by atoms with Crippen molar-refractivity contribution in [2.24, 2.45) is 0 Å². The van der Waals surface area contributed by atoms with E-state index in [2.05, 4.69) is 5.32 Å². The summed E-state index contributed by atoms with van der Waals surface area (Å²) in [5.41, 5.74) is -1.07. The molecule has 22 heavy (non-hydrogen) atoms. The molecule has 0 spiro atoms. The summed E-state index contributed by atoms with van der Waals surface area (Å²) in [5, 5.41) is 2.48. The summed E-state index contributed by atoms with van der Waals surface area (Å²) in [5.74, 6) is -0.722. The highest BCUT2D eigenvalue weighted by Gasteiger charge is 2.30. The molecule has 0 bridgehead atoms. The van der Waals surface area contributed by atoms with Gasteiger partial charge in [-0.05, 0) is 45.0 Å². The highest BCUT2D eigenvalue weighted by Crippen LogP contribution is 2.29. The van der Waals surface area contributed by atoms with E-state index in [-0.39, 0.29) is 18.1 Å². The Morgan fingerprint density at radius 3 is 1.95 bits per heavy atom. The second kappa shape index (κ2) is 6.37. The predicted octanol–water partition coefficient (Wildman–Crippen LogP) is 3.29. The fourth-order valence-electron chi connectivity index (χ4n) is 1.91. The van der Waals surface area contributed by atoms with Crippen molar-refractivity contribution >= 4 is 17.5 Å². The number of amides is 2. The van der Waals surface area contributed by atoms with Crippen molar-refractivity contribution < 1.29 is 22.8 Å². The minimum absolute atomic E-state index is 0.167. The molecule has 0 aliphatic carbocycles. The Kier molecular flexibility index (Phi) is 5.22. The molecule has 1 N–H and O–H groups in total. The fourth-order valence-corrected chi connectivity index (χ4v) is 1.91. The van der Waals surface area contributed by atoms with E-state index >= 15 is 0 Å². The Morgan fingerprint density at radius 2 is 1.59 bits per heavy atom. The maximum atomic E-state index is 12.4. The van der Waals surface area contributed by atoms with Crippen LogP contribution in [-0.4, -0.2) is 28.8 Å². The van der Waals surface area contributed by atoms with Gasteiger partial charge < -0.3 is 10.2 Å². The Morgan fingerprint density at radius 1 is 1.09 bits per heavy atom. The summed E-state index contributed by atoms with van der Waals surface area (Å²) >= 11 is 0. The maximum Gasteiger partial charge on any atom is 0.416 e. The minimum Gasteiger partial charge on any atom is -0.329 e. The van der Waals surface area contributed by atoms with Gasteiger partial charge in [0.25, 0.3) is 0 Å². The summed E-state index contributed by atoms with van der Waals surface area (Å²) in [7, 11) is 0. The molecule has 0 heterocycles. The first kappa shape index (κ1) is 18.0. The van der Waals surface area contributed by atoms with E-state index in [4.69, 9.17) is 0 Å². The molecular formula is C15H19F3N2O2. The maximum absolute atomic E-state index is 12.4. The number of rotatable bonds is 3. The molecule has 2 amide bonds. The smallest absolute Gasteiger partial charge is 0.329 e. The summed E-state index contributed by atoms with van der Waals surface area (Å²) in [6.07, 6.45) is -4.42. The lowest BCUT2D eigenvalue weighted by Crippen LogP contribution is -2.48. The van der Waals surface area contributed by atoms with Gasteiger partial charge in [-0.25, -0.2) is 0 Å². The zero-order valence-electron chi connectivity index (χ0n) is 12.9. The second-order valence-electron chi connectivity index (χ2n) is 5.90. The van der Waals surface area contributed by atoms with Crippen LogP contribution in [0.4, 0.5) is 18.9 Å². The number of hydrogen-bond acceptors (Lipinski definition) is 2. The molecule has 0 aliphatic heterocycles. The van der Waals surface area contributed by atoms with Crippen molar-refractivity contribution in [2.75, 3.05) is 11.9 Å².